The Labute approximate surface area is 199 Å². The van der Waals surface area contributed by atoms with Gasteiger partial charge in [0.25, 0.3) is 0 Å². The Morgan fingerprint density at radius 3 is 2.48 bits per heavy atom. The average Bonchev–Trinajstić information content (AvgIpc) is 2.74. The van der Waals surface area contributed by atoms with Crippen molar-refractivity contribution < 1.29 is 9.59 Å². The van der Waals surface area contributed by atoms with E-state index in [-0.39, 0.29) is 17.6 Å². The highest BCUT2D eigenvalue weighted by molar-refractivity contribution is 7.99. The van der Waals surface area contributed by atoms with Crippen LogP contribution in [0.3, 0.4) is 0 Å². The smallest absolute Gasteiger partial charge is 0.242 e. The lowest BCUT2D eigenvalue weighted by Gasteiger charge is -2.31. The van der Waals surface area contributed by atoms with Gasteiger partial charge in [-0.2, -0.15) is 0 Å². The number of carbonyl (C=O) groups is 2. The molecule has 1 atom stereocenters. The first-order valence-electron chi connectivity index (χ1n) is 10.5. The summed E-state index contributed by atoms with van der Waals surface area (Å²) in [5.74, 6) is 0.704. The zero-order valence-corrected chi connectivity index (χ0v) is 20.6. The maximum absolute atomic E-state index is 13.2. The van der Waals surface area contributed by atoms with Crippen LogP contribution >= 0.6 is 35.0 Å². The van der Waals surface area contributed by atoms with E-state index in [1.54, 1.807) is 17.0 Å². The van der Waals surface area contributed by atoms with Crippen molar-refractivity contribution in [3.8, 4) is 0 Å². The Balaban J connectivity index is 2.14. The zero-order chi connectivity index (χ0) is 22.8. The molecule has 0 unspecified atom stereocenters. The number of halogens is 2. The number of rotatable bonds is 11. The van der Waals surface area contributed by atoms with Crippen molar-refractivity contribution in [2.45, 2.75) is 52.0 Å². The van der Waals surface area contributed by atoms with Crippen LogP contribution < -0.4 is 5.32 Å². The van der Waals surface area contributed by atoms with Gasteiger partial charge in [0.15, 0.2) is 0 Å². The topological polar surface area (TPSA) is 49.4 Å². The highest BCUT2D eigenvalue weighted by atomic mass is 35.5. The minimum Gasteiger partial charge on any atom is -0.354 e. The van der Waals surface area contributed by atoms with E-state index in [1.807, 2.05) is 51.1 Å². The molecule has 1 N–H and O–H groups in total. The first-order valence-corrected chi connectivity index (χ1v) is 12.4. The maximum Gasteiger partial charge on any atom is 0.242 e. The van der Waals surface area contributed by atoms with E-state index in [4.69, 9.17) is 23.2 Å². The lowest BCUT2D eigenvalue weighted by atomic mass is 10.1. The Morgan fingerprint density at radius 2 is 1.84 bits per heavy atom. The van der Waals surface area contributed by atoms with Crippen LogP contribution in [0.2, 0.25) is 10.0 Å². The van der Waals surface area contributed by atoms with Gasteiger partial charge in [0, 0.05) is 28.9 Å². The normalized spacial score (nSPS) is 11.8. The van der Waals surface area contributed by atoms with Gasteiger partial charge in [-0.25, -0.2) is 0 Å². The molecule has 4 nitrogen and oxygen atoms in total. The summed E-state index contributed by atoms with van der Waals surface area (Å²) in [6, 6.07) is 12.8. The molecule has 0 aromatic heterocycles. The molecule has 0 bridgehead atoms. The number of hydrogen-bond acceptors (Lipinski definition) is 3. The number of amides is 2. The largest absolute Gasteiger partial charge is 0.354 e. The van der Waals surface area contributed by atoms with Gasteiger partial charge in [0.05, 0.1) is 5.75 Å². The second kappa shape index (κ2) is 13.0. The second-order valence-corrected chi connectivity index (χ2v) is 9.22. The van der Waals surface area contributed by atoms with Crippen LogP contribution in [-0.4, -0.2) is 35.1 Å². The van der Waals surface area contributed by atoms with E-state index in [1.165, 1.54) is 11.8 Å². The number of nitrogens with zero attached hydrogens (tertiary/aromatic N) is 1. The minimum atomic E-state index is -0.502. The molecule has 2 aromatic carbocycles. The van der Waals surface area contributed by atoms with Crippen molar-refractivity contribution in [2.24, 2.45) is 0 Å². The van der Waals surface area contributed by atoms with Gasteiger partial charge >= 0.3 is 0 Å². The monoisotopic (exact) mass is 480 g/mol. The molecule has 0 saturated heterocycles. The lowest BCUT2D eigenvalue weighted by molar-refractivity contribution is -0.139. The van der Waals surface area contributed by atoms with Crippen LogP contribution in [0.15, 0.2) is 42.5 Å². The standard InChI is InChI=1S/C24H30Cl2N2O2S/c1-4-12-27-24(30)22(5-2)28(14-18-9-7-6-8-17(18)3)23(29)16-31-15-19-10-11-20(25)13-21(19)26/h6-11,13,22H,4-5,12,14-16H2,1-3H3,(H,27,30)/t22-/m1/s1. The van der Waals surface area contributed by atoms with E-state index in [9.17, 15) is 9.59 Å². The van der Waals surface area contributed by atoms with Gasteiger partial charge in [-0.15, -0.1) is 11.8 Å². The molecule has 0 heterocycles. The summed E-state index contributed by atoms with van der Waals surface area (Å²) in [4.78, 5) is 27.7. The summed E-state index contributed by atoms with van der Waals surface area (Å²) in [7, 11) is 0. The van der Waals surface area contributed by atoms with Crippen molar-refractivity contribution in [1.29, 1.82) is 0 Å². The predicted octanol–water partition coefficient (Wildman–Crippen LogP) is 5.87. The summed E-state index contributed by atoms with van der Waals surface area (Å²) >= 11 is 13.7. The minimum absolute atomic E-state index is 0.0585. The van der Waals surface area contributed by atoms with Crippen molar-refractivity contribution in [3.05, 3.63) is 69.2 Å². The fourth-order valence-electron chi connectivity index (χ4n) is 3.23. The quantitative estimate of drug-likeness (QED) is 0.437. The van der Waals surface area contributed by atoms with Gasteiger partial charge in [-0.3, -0.25) is 9.59 Å². The van der Waals surface area contributed by atoms with Gasteiger partial charge in [-0.05, 0) is 48.6 Å². The van der Waals surface area contributed by atoms with Crippen molar-refractivity contribution in [3.63, 3.8) is 0 Å². The molecule has 31 heavy (non-hydrogen) atoms. The average molecular weight is 481 g/mol. The third-order valence-corrected chi connectivity index (χ3v) is 6.59. The molecular formula is C24H30Cl2N2O2S. The van der Waals surface area contributed by atoms with Gasteiger partial charge in [0.1, 0.15) is 6.04 Å². The van der Waals surface area contributed by atoms with Crippen LogP contribution in [0.1, 0.15) is 43.4 Å². The lowest BCUT2D eigenvalue weighted by Crippen LogP contribution is -2.49. The predicted molar refractivity (Wildman–Crippen MR) is 132 cm³/mol. The molecule has 2 rings (SSSR count). The van der Waals surface area contributed by atoms with Crippen LogP contribution in [0, 0.1) is 6.92 Å². The molecular weight excluding hydrogens is 451 g/mol. The van der Waals surface area contributed by atoms with Crippen LogP contribution in [0.5, 0.6) is 0 Å². The van der Waals surface area contributed by atoms with E-state index < -0.39 is 6.04 Å². The highest BCUT2D eigenvalue weighted by Crippen LogP contribution is 2.25. The number of nitrogens with one attached hydrogen (secondary N) is 1. The number of aryl methyl sites for hydroxylation is 1. The van der Waals surface area contributed by atoms with E-state index in [0.29, 0.717) is 35.3 Å². The summed E-state index contributed by atoms with van der Waals surface area (Å²) in [6.45, 7) is 6.98. The molecule has 0 aliphatic rings. The van der Waals surface area contributed by atoms with E-state index >= 15 is 0 Å². The van der Waals surface area contributed by atoms with Crippen LogP contribution in [-0.2, 0) is 21.9 Å². The van der Waals surface area contributed by atoms with Gasteiger partial charge in [-0.1, -0.05) is 67.4 Å². The third kappa shape index (κ3) is 7.74. The Bertz CT molecular complexity index is 892. The summed E-state index contributed by atoms with van der Waals surface area (Å²) in [6.07, 6.45) is 1.41. The molecule has 0 saturated carbocycles. The highest BCUT2D eigenvalue weighted by Gasteiger charge is 2.28. The zero-order valence-electron chi connectivity index (χ0n) is 18.3. The molecule has 0 radical (unpaired) electrons. The molecule has 2 amide bonds. The maximum atomic E-state index is 13.2. The number of thioether (sulfide) groups is 1. The summed E-state index contributed by atoms with van der Waals surface area (Å²) < 4.78 is 0. The number of benzene rings is 2. The fraction of sp³-hybridized carbons (Fsp3) is 0.417. The number of hydrogen-bond donors (Lipinski definition) is 1. The Kier molecular flexibility index (Phi) is 10.7. The molecule has 0 fully saturated rings. The molecule has 0 spiro atoms. The first kappa shape index (κ1) is 25.6. The molecule has 0 aliphatic carbocycles. The molecule has 168 valence electrons. The molecule has 7 heteroatoms. The van der Waals surface area contributed by atoms with Crippen LogP contribution in [0.25, 0.3) is 0 Å². The fourth-order valence-corrected chi connectivity index (χ4v) is 4.70. The van der Waals surface area contributed by atoms with Crippen molar-refractivity contribution in [2.75, 3.05) is 12.3 Å². The SMILES string of the molecule is CCCNC(=O)[C@@H](CC)N(Cc1ccccc1C)C(=O)CSCc1ccc(Cl)cc1Cl. The Hall–Kier alpha value is -1.69. The van der Waals surface area contributed by atoms with E-state index in [2.05, 4.69) is 5.32 Å². The second-order valence-electron chi connectivity index (χ2n) is 7.39. The first-order chi connectivity index (χ1) is 14.9. The van der Waals surface area contributed by atoms with Crippen molar-refractivity contribution >= 4 is 46.8 Å². The van der Waals surface area contributed by atoms with E-state index in [0.717, 1.165) is 23.1 Å². The molecule has 0 aliphatic heterocycles. The summed E-state index contributed by atoms with van der Waals surface area (Å²) in [5.41, 5.74) is 3.08. The van der Waals surface area contributed by atoms with Gasteiger partial charge in [0.2, 0.25) is 11.8 Å². The Morgan fingerprint density at radius 1 is 1.10 bits per heavy atom. The third-order valence-electron chi connectivity index (χ3n) is 5.04. The van der Waals surface area contributed by atoms with Crippen molar-refractivity contribution in [1.82, 2.24) is 10.2 Å². The summed E-state index contributed by atoms with van der Waals surface area (Å²) in [5, 5.41) is 4.12. The van der Waals surface area contributed by atoms with Gasteiger partial charge < -0.3 is 10.2 Å². The number of carbonyl (C=O) groups excluding carboxylic acids is 2. The molecule has 2 aromatic rings. The van der Waals surface area contributed by atoms with Crippen LogP contribution in [0.4, 0.5) is 0 Å².